The number of nitrogens with zero attached hydrogens (tertiary/aromatic N) is 7. The third kappa shape index (κ3) is 2.45. The Hall–Kier alpha value is -3.10. The lowest BCUT2D eigenvalue weighted by molar-refractivity contribution is 0.0563. The molecule has 3 aromatic heterocycles. The molecule has 0 aromatic carbocycles. The first-order valence-corrected chi connectivity index (χ1v) is 7.10. The summed E-state index contributed by atoms with van der Waals surface area (Å²) in [6.45, 7) is 1.06. The number of pyridine rings is 1. The van der Waals surface area contributed by atoms with Crippen LogP contribution in [-0.4, -0.2) is 54.0 Å². The molecule has 116 valence electrons. The van der Waals surface area contributed by atoms with Crippen LogP contribution in [0.3, 0.4) is 0 Å². The third-order valence-electron chi connectivity index (χ3n) is 3.70. The number of rotatable bonds is 3. The summed E-state index contributed by atoms with van der Waals surface area (Å²) in [7, 11) is 1.72. The predicted octanol–water partition coefficient (Wildman–Crippen LogP) is 0.500. The van der Waals surface area contributed by atoms with Crippen molar-refractivity contribution in [2.24, 2.45) is 7.05 Å². The van der Waals surface area contributed by atoms with Crippen LogP contribution in [0, 0.1) is 0 Å². The Bertz CT molecular complexity index is 836. The number of likely N-dealkylation sites (tertiary alicyclic amines) is 1. The maximum atomic E-state index is 12.2. The fourth-order valence-corrected chi connectivity index (χ4v) is 2.42. The van der Waals surface area contributed by atoms with Crippen LogP contribution < -0.4 is 0 Å². The molecule has 0 saturated carbocycles. The minimum Gasteiger partial charge on any atom is -0.339 e. The first-order valence-electron chi connectivity index (χ1n) is 7.10. The molecule has 3 aromatic rings. The zero-order chi connectivity index (χ0) is 15.8. The highest BCUT2D eigenvalue weighted by molar-refractivity contribution is 5.92. The van der Waals surface area contributed by atoms with E-state index < -0.39 is 0 Å². The number of hydrogen-bond acceptors (Lipinski definition) is 7. The number of amides is 1. The molecule has 4 heterocycles. The first kappa shape index (κ1) is 13.6. The lowest BCUT2D eigenvalue weighted by Gasteiger charge is -2.36. The molecule has 1 saturated heterocycles. The molecule has 9 heteroatoms. The van der Waals surface area contributed by atoms with Gasteiger partial charge in [-0.1, -0.05) is 10.4 Å². The highest BCUT2D eigenvalue weighted by atomic mass is 16.5. The molecule has 4 rings (SSSR count). The van der Waals surface area contributed by atoms with E-state index in [-0.39, 0.29) is 11.8 Å². The average Bonchev–Trinajstić information content (AvgIpc) is 3.16. The highest BCUT2D eigenvalue weighted by Crippen LogP contribution is 2.28. The van der Waals surface area contributed by atoms with Gasteiger partial charge in [-0.2, -0.15) is 4.98 Å². The Morgan fingerprint density at radius 1 is 1.39 bits per heavy atom. The molecule has 1 fully saturated rings. The monoisotopic (exact) mass is 311 g/mol. The van der Waals surface area contributed by atoms with Crippen LogP contribution >= 0.6 is 0 Å². The van der Waals surface area contributed by atoms with Crippen LogP contribution in [0.15, 0.2) is 35.2 Å². The van der Waals surface area contributed by atoms with E-state index in [9.17, 15) is 4.79 Å². The number of carbonyl (C=O) groups is 1. The van der Waals surface area contributed by atoms with Crippen molar-refractivity contribution in [3.8, 4) is 11.4 Å². The Balaban J connectivity index is 1.42. The van der Waals surface area contributed by atoms with E-state index in [0.717, 1.165) is 5.56 Å². The maximum absolute atomic E-state index is 12.2. The maximum Gasteiger partial charge on any atom is 0.276 e. The lowest BCUT2D eigenvalue weighted by Crippen LogP contribution is -2.48. The number of carbonyl (C=O) groups excluding carboxylic acids is 1. The molecular weight excluding hydrogens is 298 g/mol. The summed E-state index contributed by atoms with van der Waals surface area (Å²) >= 11 is 0. The standard InChI is InChI=1S/C14H13N7O2/c1-20-8-11(17-19-20)14(22)21-6-10(7-21)13-16-12(18-23-13)9-3-2-4-15-5-9/h2-5,8,10H,6-7H2,1H3. The van der Waals surface area contributed by atoms with Crippen molar-refractivity contribution in [3.05, 3.63) is 42.3 Å². The van der Waals surface area contributed by atoms with E-state index in [1.54, 1.807) is 30.5 Å². The van der Waals surface area contributed by atoms with Gasteiger partial charge in [-0.15, -0.1) is 5.10 Å². The van der Waals surface area contributed by atoms with Crippen LogP contribution in [-0.2, 0) is 7.05 Å². The van der Waals surface area contributed by atoms with E-state index in [0.29, 0.717) is 30.5 Å². The van der Waals surface area contributed by atoms with Crippen LogP contribution in [0.2, 0.25) is 0 Å². The predicted molar refractivity (Wildman–Crippen MR) is 77.2 cm³/mol. The van der Waals surface area contributed by atoms with Gasteiger partial charge in [0.2, 0.25) is 11.7 Å². The van der Waals surface area contributed by atoms with E-state index in [1.807, 2.05) is 12.1 Å². The summed E-state index contributed by atoms with van der Waals surface area (Å²) < 4.78 is 6.80. The molecule has 0 N–H and O–H groups in total. The van der Waals surface area contributed by atoms with Crippen LogP contribution in [0.5, 0.6) is 0 Å². The molecule has 0 radical (unpaired) electrons. The van der Waals surface area contributed by atoms with Crippen molar-refractivity contribution >= 4 is 5.91 Å². The van der Waals surface area contributed by atoms with Gasteiger partial charge in [-0.05, 0) is 12.1 Å². The van der Waals surface area contributed by atoms with Crippen LogP contribution in [0.1, 0.15) is 22.3 Å². The second kappa shape index (κ2) is 5.27. The van der Waals surface area contributed by atoms with Crippen molar-refractivity contribution in [2.45, 2.75) is 5.92 Å². The molecule has 0 spiro atoms. The van der Waals surface area contributed by atoms with Gasteiger partial charge in [0.1, 0.15) is 0 Å². The second-order valence-corrected chi connectivity index (χ2v) is 5.38. The van der Waals surface area contributed by atoms with Gasteiger partial charge in [-0.3, -0.25) is 14.5 Å². The number of hydrogen-bond donors (Lipinski definition) is 0. The third-order valence-corrected chi connectivity index (χ3v) is 3.70. The largest absolute Gasteiger partial charge is 0.339 e. The van der Waals surface area contributed by atoms with Crippen LogP contribution in [0.4, 0.5) is 0 Å². The Morgan fingerprint density at radius 3 is 2.96 bits per heavy atom. The molecule has 0 aliphatic carbocycles. The van der Waals surface area contributed by atoms with Gasteiger partial charge < -0.3 is 9.42 Å². The topological polar surface area (TPSA) is 103 Å². The normalized spacial score (nSPS) is 14.7. The van der Waals surface area contributed by atoms with E-state index in [4.69, 9.17) is 4.52 Å². The molecule has 1 aliphatic heterocycles. The van der Waals surface area contributed by atoms with Gasteiger partial charge >= 0.3 is 0 Å². The van der Waals surface area contributed by atoms with Crippen molar-refractivity contribution in [1.82, 2.24) is 35.0 Å². The van der Waals surface area contributed by atoms with Crippen LogP contribution in [0.25, 0.3) is 11.4 Å². The van der Waals surface area contributed by atoms with Gasteiger partial charge in [0.05, 0.1) is 12.1 Å². The summed E-state index contributed by atoms with van der Waals surface area (Å²) in [6.07, 6.45) is 4.97. The number of aromatic nitrogens is 6. The fourth-order valence-electron chi connectivity index (χ4n) is 2.42. The summed E-state index contributed by atoms with van der Waals surface area (Å²) in [6, 6.07) is 3.68. The number of aryl methyl sites for hydroxylation is 1. The highest BCUT2D eigenvalue weighted by Gasteiger charge is 2.36. The zero-order valence-electron chi connectivity index (χ0n) is 12.3. The first-order chi connectivity index (χ1) is 11.2. The summed E-state index contributed by atoms with van der Waals surface area (Å²) in [4.78, 5) is 22.3. The Kier molecular flexibility index (Phi) is 3.11. The van der Waals surface area contributed by atoms with E-state index >= 15 is 0 Å². The molecular formula is C14H13N7O2. The molecule has 9 nitrogen and oxygen atoms in total. The second-order valence-electron chi connectivity index (χ2n) is 5.38. The Labute approximate surface area is 130 Å². The van der Waals surface area contributed by atoms with Gasteiger partial charge in [0, 0.05) is 38.1 Å². The average molecular weight is 311 g/mol. The molecule has 23 heavy (non-hydrogen) atoms. The molecule has 0 atom stereocenters. The minimum atomic E-state index is -0.138. The van der Waals surface area contributed by atoms with Crippen molar-refractivity contribution in [3.63, 3.8) is 0 Å². The molecule has 1 amide bonds. The van der Waals surface area contributed by atoms with E-state index in [2.05, 4.69) is 25.4 Å². The van der Waals surface area contributed by atoms with Crippen molar-refractivity contribution in [2.75, 3.05) is 13.1 Å². The van der Waals surface area contributed by atoms with Crippen molar-refractivity contribution < 1.29 is 9.32 Å². The van der Waals surface area contributed by atoms with E-state index in [1.165, 1.54) is 4.68 Å². The zero-order valence-corrected chi connectivity index (χ0v) is 12.3. The summed E-state index contributed by atoms with van der Waals surface area (Å²) in [5.74, 6) is 0.953. The van der Waals surface area contributed by atoms with Gasteiger partial charge in [-0.25, -0.2) is 0 Å². The fraction of sp³-hybridized carbons (Fsp3) is 0.286. The lowest BCUT2D eigenvalue weighted by atomic mass is 10.00. The quantitative estimate of drug-likeness (QED) is 0.693. The smallest absolute Gasteiger partial charge is 0.276 e. The minimum absolute atomic E-state index is 0.0496. The SMILES string of the molecule is Cn1cc(C(=O)N2CC(c3nc(-c4cccnc4)no3)C2)nn1. The molecule has 1 aliphatic rings. The van der Waals surface area contributed by atoms with Crippen molar-refractivity contribution in [1.29, 1.82) is 0 Å². The Morgan fingerprint density at radius 2 is 2.26 bits per heavy atom. The van der Waals surface area contributed by atoms with Gasteiger partial charge in [0.25, 0.3) is 5.91 Å². The molecule has 0 unspecified atom stereocenters. The molecule has 0 bridgehead atoms. The summed E-state index contributed by atoms with van der Waals surface area (Å²) in [5, 5.41) is 11.6. The summed E-state index contributed by atoms with van der Waals surface area (Å²) in [5.41, 5.74) is 1.14. The van der Waals surface area contributed by atoms with Gasteiger partial charge in [0.15, 0.2) is 5.69 Å².